The molecule has 3 aromatic rings. The van der Waals surface area contributed by atoms with E-state index in [1.165, 1.54) is 32.5 Å². The topological polar surface area (TPSA) is 109 Å². The third kappa shape index (κ3) is 4.05. The highest BCUT2D eigenvalue weighted by Crippen LogP contribution is 2.48. The molecule has 4 rings (SSSR count). The van der Waals surface area contributed by atoms with Gasteiger partial charge in [-0.05, 0) is 42.8 Å². The predicted molar refractivity (Wildman–Crippen MR) is 131 cm³/mol. The molecule has 8 nitrogen and oxygen atoms in total. The summed E-state index contributed by atoms with van der Waals surface area (Å²) in [4.78, 5) is 32.0. The van der Waals surface area contributed by atoms with Gasteiger partial charge in [-0.25, -0.2) is 0 Å². The SMILES string of the molecule is COc1c(Cl)cc(/C(O)=C2\C(=O)C(=O)N(c3cc(C)ccc3O)C2c2ccccn2)c(OC)c1Cl. The number of rotatable bonds is 5. The largest absolute Gasteiger partial charge is 0.507 e. The minimum atomic E-state index is -1.16. The van der Waals surface area contributed by atoms with Gasteiger partial charge < -0.3 is 19.7 Å². The number of hydrogen-bond donors (Lipinski definition) is 2. The summed E-state index contributed by atoms with van der Waals surface area (Å²) in [5, 5.41) is 22.0. The lowest BCUT2D eigenvalue weighted by atomic mass is 9.97. The Balaban J connectivity index is 2.04. The highest BCUT2D eigenvalue weighted by Gasteiger charge is 2.48. The monoisotopic (exact) mass is 514 g/mol. The number of aliphatic hydroxyl groups excluding tert-OH is 1. The number of phenols is 1. The predicted octanol–water partition coefficient (Wildman–Crippen LogP) is 5.05. The van der Waals surface area contributed by atoms with Crippen LogP contribution in [0.4, 0.5) is 5.69 Å². The van der Waals surface area contributed by atoms with E-state index >= 15 is 0 Å². The molecule has 35 heavy (non-hydrogen) atoms. The number of pyridine rings is 1. The number of halogens is 2. The van der Waals surface area contributed by atoms with E-state index in [9.17, 15) is 19.8 Å². The van der Waals surface area contributed by atoms with Gasteiger partial charge in [-0.3, -0.25) is 19.5 Å². The molecule has 2 aromatic carbocycles. The second kappa shape index (κ2) is 9.48. The Bertz CT molecular complexity index is 1370. The van der Waals surface area contributed by atoms with Gasteiger partial charge in [-0.15, -0.1) is 0 Å². The van der Waals surface area contributed by atoms with E-state index in [4.69, 9.17) is 32.7 Å². The van der Waals surface area contributed by atoms with Crippen LogP contribution in [0.1, 0.15) is 22.9 Å². The van der Waals surface area contributed by atoms with Crippen molar-refractivity contribution in [2.75, 3.05) is 19.1 Å². The first-order valence-electron chi connectivity index (χ1n) is 10.3. The van der Waals surface area contributed by atoms with Gasteiger partial charge in [-0.1, -0.05) is 35.3 Å². The zero-order valence-electron chi connectivity index (χ0n) is 18.9. The smallest absolute Gasteiger partial charge is 0.300 e. The van der Waals surface area contributed by atoms with Crippen molar-refractivity contribution < 1.29 is 29.3 Å². The molecule has 0 spiro atoms. The van der Waals surface area contributed by atoms with E-state index in [1.54, 1.807) is 37.3 Å². The molecule has 1 aliphatic rings. The standard InChI is InChI=1S/C25H20Cl2N2O6/c1-12-7-8-17(30)16(10-12)29-20(15-6-4-5-9-28-15)18(22(32)25(29)33)21(31)13-11-14(26)24(35-3)19(27)23(13)34-2/h4-11,20,30-31H,1-3H3/b21-18+. The molecule has 0 saturated carbocycles. The van der Waals surface area contributed by atoms with Crippen molar-refractivity contribution in [2.24, 2.45) is 0 Å². The average Bonchev–Trinajstić information content (AvgIpc) is 3.11. The number of methoxy groups -OCH3 is 2. The van der Waals surface area contributed by atoms with Crippen molar-refractivity contribution in [3.63, 3.8) is 0 Å². The zero-order chi connectivity index (χ0) is 25.4. The Morgan fingerprint density at radius 3 is 2.40 bits per heavy atom. The number of benzene rings is 2. The second-order valence-corrected chi connectivity index (χ2v) is 8.49. The first kappa shape index (κ1) is 24.4. The van der Waals surface area contributed by atoms with Crippen molar-refractivity contribution in [2.45, 2.75) is 13.0 Å². The summed E-state index contributed by atoms with van der Waals surface area (Å²) in [6.07, 6.45) is 1.49. The number of nitrogens with zero attached hydrogens (tertiary/aromatic N) is 2. The number of ether oxygens (including phenoxy) is 2. The summed E-state index contributed by atoms with van der Waals surface area (Å²) in [6, 6.07) is 9.78. The number of carbonyl (C=O) groups excluding carboxylic acids is 2. The fraction of sp³-hybridized carbons (Fsp3) is 0.160. The number of amides is 1. The Hall–Kier alpha value is -3.75. The molecule has 2 N–H and O–H groups in total. The lowest BCUT2D eigenvalue weighted by Gasteiger charge is -2.25. The third-order valence-electron chi connectivity index (χ3n) is 5.60. The molecule has 0 radical (unpaired) electrons. The first-order chi connectivity index (χ1) is 16.7. The summed E-state index contributed by atoms with van der Waals surface area (Å²) in [5.41, 5.74) is 0.842. The van der Waals surface area contributed by atoms with E-state index in [0.717, 1.165) is 10.5 Å². The minimum absolute atomic E-state index is 0.00482. The van der Waals surface area contributed by atoms with Crippen LogP contribution in [0.2, 0.25) is 10.0 Å². The van der Waals surface area contributed by atoms with Crippen molar-refractivity contribution >= 4 is 46.3 Å². The Labute approximate surface area is 210 Å². The molecule has 1 unspecified atom stereocenters. The molecule has 180 valence electrons. The number of phenolic OH excluding ortho intramolecular Hbond substituents is 1. The number of carbonyl (C=O) groups is 2. The van der Waals surface area contributed by atoms with Gasteiger partial charge in [0.15, 0.2) is 11.5 Å². The molecule has 1 aliphatic heterocycles. The number of aromatic nitrogens is 1. The highest BCUT2D eigenvalue weighted by atomic mass is 35.5. The van der Waals surface area contributed by atoms with Gasteiger partial charge in [0.05, 0.1) is 41.8 Å². The van der Waals surface area contributed by atoms with Gasteiger partial charge in [0, 0.05) is 6.20 Å². The van der Waals surface area contributed by atoms with Crippen LogP contribution < -0.4 is 14.4 Å². The molecule has 1 aromatic heterocycles. The first-order valence-corrected chi connectivity index (χ1v) is 11.1. The number of aromatic hydroxyl groups is 1. The number of aliphatic hydroxyl groups is 1. The van der Waals surface area contributed by atoms with E-state index in [-0.39, 0.29) is 44.1 Å². The van der Waals surface area contributed by atoms with Crippen LogP contribution >= 0.6 is 23.2 Å². The van der Waals surface area contributed by atoms with E-state index in [2.05, 4.69) is 4.98 Å². The summed E-state index contributed by atoms with van der Waals surface area (Å²) in [5.74, 6) is -2.61. The zero-order valence-corrected chi connectivity index (χ0v) is 20.4. The normalized spacial score (nSPS) is 17.1. The minimum Gasteiger partial charge on any atom is -0.507 e. The van der Waals surface area contributed by atoms with Crippen LogP contribution in [0.3, 0.4) is 0 Å². The van der Waals surface area contributed by atoms with Crippen molar-refractivity contribution in [1.29, 1.82) is 0 Å². The second-order valence-electron chi connectivity index (χ2n) is 7.70. The molecule has 10 heteroatoms. The summed E-state index contributed by atoms with van der Waals surface area (Å²) in [6.45, 7) is 1.78. The molecule has 0 bridgehead atoms. The third-order valence-corrected chi connectivity index (χ3v) is 6.22. The molecular formula is C25H20Cl2N2O6. The summed E-state index contributed by atoms with van der Waals surface area (Å²) >= 11 is 12.7. The Morgan fingerprint density at radius 2 is 1.77 bits per heavy atom. The Morgan fingerprint density at radius 1 is 1.06 bits per heavy atom. The number of ketones is 1. The number of hydrogen-bond acceptors (Lipinski definition) is 7. The fourth-order valence-corrected chi connectivity index (χ4v) is 4.70. The molecule has 0 aliphatic carbocycles. The molecule has 1 saturated heterocycles. The average molecular weight is 515 g/mol. The number of Topliss-reactive ketones (excluding diaryl/α,β-unsaturated/α-hetero) is 1. The maximum absolute atomic E-state index is 13.3. The molecule has 1 amide bonds. The van der Waals surface area contributed by atoms with E-state index < -0.39 is 23.5 Å². The van der Waals surface area contributed by atoms with E-state index in [0.29, 0.717) is 5.69 Å². The van der Waals surface area contributed by atoms with Crippen LogP contribution in [0, 0.1) is 6.92 Å². The molecular weight excluding hydrogens is 495 g/mol. The van der Waals surface area contributed by atoms with E-state index in [1.807, 2.05) is 0 Å². The highest BCUT2D eigenvalue weighted by molar-refractivity contribution is 6.52. The lowest BCUT2D eigenvalue weighted by Crippen LogP contribution is -2.30. The van der Waals surface area contributed by atoms with Crippen LogP contribution in [0.25, 0.3) is 5.76 Å². The fourth-order valence-electron chi connectivity index (χ4n) is 4.02. The van der Waals surface area contributed by atoms with Gasteiger partial charge in [0.1, 0.15) is 22.6 Å². The van der Waals surface area contributed by atoms with Gasteiger partial charge in [0.2, 0.25) is 0 Å². The molecule has 1 atom stereocenters. The maximum atomic E-state index is 13.3. The van der Waals surface area contributed by atoms with Gasteiger partial charge in [0.25, 0.3) is 11.7 Å². The van der Waals surface area contributed by atoms with Crippen molar-refractivity contribution in [1.82, 2.24) is 4.98 Å². The number of anilines is 1. The van der Waals surface area contributed by atoms with Gasteiger partial charge >= 0.3 is 0 Å². The van der Waals surface area contributed by atoms with Crippen LogP contribution in [0.5, 0.6) is 17.2 Å². The van der Waals surface area contributed by atoms with Crippen LogP contribution in [0.15, 0.2) is 54.2 Å². The molecule has 1 fully saturated rings. The van der Waals surface area contributed by atoms with Crippen LogP contribution in [-0.4, -0.2) is 41.1 Å². The van der Waals surface area contributed by atoms with Crippen molar-refractivity contribution in [3.8, 4) is 17.2 Å². The quantitative estimate of drug-likeness (QED) is 0.278. The number of aryl methyl sites for hydroxylation is 1. The maximum Gasteiger partial charge on any atom is 0.300 e. The summed E-state index contributed by atoms with van der Waals surface area (Å²) in [7, 11) is 2.69. The van der Waals surface area contributed by atoms with Crippen LogP contribution in [-0.2, 0) is 9.59 Å². The molecule has 2 heterocycles. The van der Waals surface area contributed by atoms with Crippen molar-refractivity contribution in [3.05, 3.63) is 81.1 Å². The van der Waals surface area contributed by atoms with Gasteiger partial charge in [-0.2, -0.15) is 0 Å². The summed E-state index contributed by atoms with van der Waals surface area (Å²) < 4.78 is 10.6. The Kier molecular flexibility index (Phi) is 6.60. The lowest BCUT2D eigenvalue weighted by molar-refractivity contribution is -0.132.